The number of carbonyl (C=O) groups excluding carboxylic acids is 1. The second-order valence-corrected chi connectivity index (χ2v) is 6.02. The number of ether oxygens (including phenoxy) is 1. The lowest BCUT2D eigenvalue weighted by atomic mass is 9.79. The molecule has 2 saturated heterocycles. The predicted molar refractivity (Wildman–Crippen MR) is 70.3 cm³/mol. The second-order valence-electron chi connectivity index (χ2n) is 6.02. The number of amides is 1. The van der Waals surface area contributed by atoms with Crippen LogP contribution >= 0.6 is 0 Å². The molecule has 0 aliphatic carbocycles. The molecule has 0 saturated carbocycles. The molecule has 0 bridgehead atoms. The molecule has 104 valence electrons. The number of carbonyl (C=O) groups is 1. The Hall–Kier alpha value is -0.650. The second kappa shape index (κ2) is 5.15. The number of rotatable bonds is 2. The van der Waals surface area contributed by atoms with Crippen LogP contribution in [0.15, 0.2) is 0 Å². The van der Waals surface area contributed by atoms with Crippen molar-refractivity contribution in [2.75, 3.05) is 32.8 Å². The van der Waals surface area contributed by atoms with E-state index in [0.29, 0.717) is 19.4 Å². The smallest absolute Gasteiger partial charge is 0.238 e. The molecule has 5 nitrogen and oxygen atoms in total. The maximum absolute atomic E-state index is 12.1. The van der Waals surface area contributed by atoms with Crippen LogP contribution < -0.4 is 11.1 Å². The van der Waals surface area contributed by atoms with Crippen molar-refractivity contribution in [1.82, 2.24) is 10.2 Å². The topological polar surface area (TPSA) is 67.6 Å². The molecule has 2 fully saturated rings. The zero-order chi connectivity index (χ0) is 13.2. The van der Waals surface area contributed by atoms with Gasteiger partial charge >= 0.3 is 0 Å². The Bertz CT molecular complexity index is 311. The SMILES string of the molecule is CC1(C)CC(C(N)=O)(N2CCCNCC2)CCO1. The van der Waals surface area contributed by atoms with Crippen LogP contribution in [0, 0.1) is 0 Å². The minimum atomic E-state index is -0.520. The van der Waals surface area contributed by atoms with Gasteiger partial charge in [0.25, 0.3) is 0 Å². The van der Waals surface area contributed by atoms with E-state index in [0.717, 1.165) is 32.6 Å². The van der Waals surface area contributed by atoms with Gasteiger partial charge in [-0.05, 0) is 33.2 Å². The van der Waals surface area contributed by atoms with Crippen LogP contribution in [0.25, 0.3) is 0 Å². The van der Waals surface area contributed by atoms with Gasteiger partial charge in [0.05, 0.1) is 5.60 Å². The van der Waals surface area contributed by atoms with Crippen LogP contribution in [0.1, 0.15) is 33.1 Å². The van der Waals surface area contributed by atoms with E-state index in [9.17, 15) is 4.79 Å². The summed E-state index contributed by atoms with van der Waals surface area (Å²) in [5, 5.41) is 3.37. The molecular formula is C13H25N3O2. The van der Waals surface area contributed by atoms with E-state index in [-0.39, 0.29) is 11.5 Å². The molecule has 1 unspecified atom stereocenters. The molecule has 0 aromatic heterocycles. The fourth-order valence-corrected chi connectivity index (χ4v) is 3.25. The van der Waals surface area contributed by atoms with Crippen molar-refractivity contribution in [2.24, 2.45) is 5.73 Å². The van der Waals surface area contributed by atoms with Crippen molar-refractivity contribution in [2.45, 2.75) is 44.2 Å². The quantitative estimate of drug-likeness (QED) is 0.734. The highest BCUT2D eigenvalue weighted by atomic mass is 16.5. The van der Waals surface area contributed by atoms with Gasteiger partial charge in [-0.2, -0.15) is 0 Å². The number of primary amides is 1. The molecule has 0 aromatic carbocycles. The van der Waals surface area contributed by atoms with Crippen LogP contribution in [-0.4, -0.2) is 54.7 Å². The predicted octanol–water partition coefficient (Wildman–Crippen LogP) is 0.0948. The van der Waals surface area contributed by atoms with Crippen molar-refractivity contribution in [3.05, 3.63) is 0 Å². The van der Waals surface area contributed by atoms with E-state index in [1.54, 1.807) is 0 Å². The fraction of sp³-hybridized carbons (Fsp3) is 0.923. The lowest BCUT2D eigenvalue weighted by molar-refractivity contribution is -0.153. The fourth-order valence-electron chi connectivity index (χ4n) is 3.25. The first-order valence-corrected chi connectivity index (χ1v) is 6.86. The lowest BCUT2D eigenvalue weighted by Gasteiger charge is -2.48. The zero-order valence-corrected chi connectivity index (χ0v) is 11.5. The van der Waals surface area contributed by atoms with E-state index in [1.807, 2.05) is 13.8 Å². The van der Waals surface area contributed by atoms with Crippen LogP contribution in [0.4, 0.5) is 0 Å². The molecule has 5 heteroatoms. The summed E-state index contributed by atoms with van der Waals surface area (Å²) < 4.78 is 5.74. The first kappa shape index (κ1) is 13.8. The van der Waals surface area contributed by atoms with Gasteiger partial charge in [0.1, 0.15) is 5.54 Å². The standard InChI is InChI=1S/C13H25N3O2/c1-12(2)10-13(11(14)17,4-9-18-12)16-7-3-5-15-6-8-16/h15H,3-10H2,1-2H3,(H2,14,17). The molecule has 1 amide bonds. The Labute approximate surface area is 109 Å². The monoisotopic (exact) mass is 255 g/mol. The van der Waals surface area contributed by atoms with Crippen LogP contribution in [0.3, 0.4) is 0 Å². The van der Waals surface area contributed by atoms with Crippen molar-refractivity contribution in [3.8, 4) is 0 Å². The molecule has 18 heavy (non-hydrogen) atoms. The Morgan fingerprint density at radius 2 is 2.11 bits per heavy atom. The molecule has 1 atom stereocenters. The molecule has 3 N–H and O–H groups in total. The van der Waals surface area contributed by atoms with Gasteiger partial charge in [0.15, 0.2) is 0 Å². The average molecular weight is 255 g/mol. The van der Waals surface area contributed by atoms with Gasteiger partial charge in [0.2, 0.25) is 5.91 Å². The van der Waals surface area contributed by atoms with Gasteiger partial charge in [-0.3, -0.25) is 9.69 Å². The Morgan fingerprint density at radius 3 is 2.78 bits per heavy atom. The Kier molecular flexibility index (Phi) is 3.94. The van der Waals surface area contributed by atoms with Gasteiger partial charge in [-0.25, -0.2) is 0 Å². The summed E-state index contributed by atoms with van der Waals surface area (Å²) in [5.74, 6) is -0.194. The maximum Gasteiger partial charge on any atom is 0.238 e. The summed E-state index contributed by atoms with van der Waals surface area (Å²) in [4.78, 5) is 14.4. The molecule has 2 aliphatic heterocycles. The summed E-state index contributed by atoms with van der Waals surface area (Å²) in [6.45, 7) is 8.46. The van der Waals surface area contributed by atoms with E-state index in [4.69, 9.17) is 10.5 Å². The van der Waals surface area contributed by atoms with E-state index >= 15 is 0 Å². The van der Waals surface area contributed by atoms with Gasteiger partial charge < -0.3 is 15.8 Å². The molecule has 2 rings (SSSR count). The highest BCUT2D eigenvalue weighted by Gasteiger charge is 2.49. The third-order valence-corrected chi connectivity index (χ3v) is 4.13. The summed E-state index contributed by atoms with van der Waals surface area (Å²) in [7, 11) is 0. The number of hydrogen-bond donors (Lipinski definition) is 2. The van der Waals surface area contributed by atoms with E-state index in [2.05, 4.69) is 10.2 Å². The Balaban J connectivity index is 2.22. The van der Waals surface area contributed by atoms with Crippen molar-refractivity contribution in [3.63, 3.8) is 0 Å². The third-order valence-electron chi connectivity index (χ3n) is 4.13. The number of nitrogens with one attached hydrogen (secondary N) is 1. The average Bonchev–Trinajstić information content (AvgIpc) is 2.55. The first-order chi connectivity index (χ1) is 8.46. The minimum absolute atomic E-state index is 0.194. The van der Waals surface area contributed by atoms with E-state index < -0.39 is 5.54 Å². The summed E-state index contributed by atoms with van der Waals surface area (Å²) in [6.07, 6.45) is 2.47. The normalized spacial score (nSPS) is 33.9. The van der Waals surface area contributed by atoms with Crippen LogP contribution in [-0.2, 0) is 9.53 Å². The maximum atomic E-state index is 12.1. The summed E-state index contributed by atoms with van der Waals surface area (Å²) in [6, 6.07) is 0. The van der Waals surface area contributed by atoms with Gasteiger partial charge in [-0.1, -0.05) is 0 Å². The van der Waals surface area contributed by atoms with Gasteiger partial charge in [0, 0.05) is 32.7 Å². The van der Waals surface area contributed by atoms with Gasteiger partial charge in [-0.15, -0.1) is 0 Å². The molecule has 2 aliphatic rings. The van der Waals surface area contributed by atoms with Crippen LogP contribution in [0.5, 0.6) is 0 Å². The van der Waals surface area contributed by atoms with Crippen LogP contribution in [0.2, 0.25) is 0 Å². The highest BCUT2D eigenvalue weighted by Crippen LogP contribution is 2.36. The number of nitrogens with zero attached hydrogens (tertiary/aromatic N) is 1. The molecular weight excluding hydrogens is 230 g/mol. The Morgan fingerprint density at radius 1 is 1.33 bits per heavy atom. The first-order valence-electron chi connectivity index (χ1n) is 6.86. The summed E-state index contributed by atoms with van der Waals surface area (Å²) in [5.41, 5.74) is 4.96. The number of nitrogens with two attached hydrogens (primary N) is 1. The molecule has 2 heterocycles. The molecule has 0 aromatic rings. The largest absolute Gasteiger partial charge is 0.375 e. The van der Waals surface area contributed by atoms with Crippen molar-refractivity contribution in [1.29, 1.82) is 0 Å². The summed E-state index contributed by atoms with van der Waals surface area (Å²) >= 11 is 0. The highest BCUT2D eigenvalue weighted by molar-refractivity contribution is 5.85. The van der Waals surface area contributed by atoms with Crippen molar-refractivity contribution >= 4 is 5.91 Å². The lowest BCUT2D eigenvalue weighted by Crippen LogP contribution is -2.64. The third kappa shape index (κ3) is 2.68. The minimum Gasteiger partial charge on any atom is -0.375 e. The molecule has 0 radical (unpaired) electrons. The zero-order valence-electron chi connectivity index (χ0n) is 11.5. The van der Waals surface area contributed by atoms with Crippen molar-refractivity contribution < 1.29 is 9.53 Å². The molecule has 0 spiro atoms. The number of hydrogen-bond acceptors (Lipinski definition) is 4. The van der Waals surface area contributed by atoms with E-state index in [1.165, 1.54) is 0 Å².